The van der Waals surface area contributed by atoms with Crippen molar-refractivity contribution in [3.8, 4) is 17.0 Å². The molecule has 1 aliphatic rings. The van der Waals surface area contributed by atoms with E-state index in [0.717, 1.165) is 34.0 Å². The minimum atomic E-state index is -1.22. The van der Waals surface area contributed by atoms with Crippen LogP contribution in [0.4, 0.5) is 0 Å². The number of carboxylic acids is 1. The molecule has 1 unspecified atom stereocenters. The lowest BCUT2D eigenvalue weighted by molar-refractivity contribution is 0.0694. The van der Waals surface area contributed by atoms with Gasteiger partial charge in [-0.3, -0.25) is 9.78 Å². The molecule has 0 saturated carbocycles. The molecule has 2 aromatic heterocycles. The molecule has 0 saturated heterocycles. The summed E-state index contributed by atoms with van der Waals surface area (Å²) in [7, 11) is 1.59. The van der Waals surface area contributed by atoms with Crippen molar-refractivity contribution in [2.24, 2.45) is 5.41 Å². The van der Waals surface area contributed by atoms with E-state index < -0.39 is 11.5 Å². The number of nitrogens with zero attached hydrogens (tertiary/aromatic N) is 1. The molecule has 6 nitrogen and oxygen atoms in total. The zero-order chi connectivity index (χ0) is 20.2. The Labute approximate surface area is 162 Å². The van der Waals surface area contributed by atoms with Gasteiger partial charge >= 0.3 is 5.97 Å². The van der Waals surface area contributed by atoms with Crippen molar-refractivity contribution >= 4 is 16.9 Å². The number of carbonyl (C=O) groups is 1. The van der Waals surface area contributed by atoms with E-state index in [1.165, 1.54) is 6.07 Å². The van der Waals surface area contributed by atoms with Gasteiger partial charge in [0.1, 0.15) is 16.8 Å². The van der Waals surface area contributed by atoms with Crippen LogP contribution in [0.15, 0.2) is 35.3 Å². The topological polar surface area (TPSA) is 92.3 Å². The number of nitrogens with one attached hydrogen (secondary N) is 1. The maximum Gasteiger partial charge on any atom is 0.341 e. The smallest absolute Gasteiger partial charge is 0.341 e. The maximum absolute atomic E-state index is 12.4. The Kier molecular flexibility index (Phi) is 4.03. The summed E-state index contributed by atoms with van der Waals surface area (Å²) in [6.45, 7) is 6.38. The Morgan fingerprint density at radius 3 is 2.71 bits per heavy atom. The molecule has 3 aromatic rings. The van der Waals surface area contributed by atoms with Gasteiger partial charge in [0.2, 0.25) is 0 Å². The van der Waals surface area contributed by atoms with E-state index in [1.54, 1.807) is 13.3 Å². The largest absolute Gasteiger partial charge is 0.494 e. The molecule has 0 bridgehead atoms. The van der Waals surface area contributed by atoms with Crippen LogP contribution in [0.5, 0.6) is 5.75 Å². The highest BCUT2D eigenvalue weighted by Crippen LogP contribution is 2.49. The molecule has 1 aromatic carbocycles. The molecule has 2 heterocycles. The average Bonchev–Trinajstić information content (AvgIpc) is 2.65. The van der Waals surface area contributed by atoms with E-state index in [2.05, 4.69) is 30.7 Å². The van der Waals surface area contributed by atoms with Crippen molar-refractivity contribution in [2.45, 2.75) is 33.1 Å². The van der Waals surface area contributed by atoms with Crippen LogP contribution in [0.3, 0.4) is 0 Å². The summed E-state index contributed by atoms with van der Waals surface area (Å²) in [5.41, 5.74) is 3.29. The van der Waals surface area contributed by atoms with Crippen molar-refractivity contribution in [3.63, 3.8) is 0 Å². The number of benzene rings is 1. The number of H-pyrrole nitrogens is 1. The van der Waals surface area contributed by atoms with E-state index in [0.29, 0.717) is 11.4 Å². The molecule has 1 aliphatic carbocycles. The van der Waals surface area contributed by atoms with Gasteiger partial charge in [-0.25, -0.2) is 4.79 Å². The summed E-state index contributed by atoms with van der Waals surface area (Å²) in [5, 5.41) is 10.4. The summed E-state index contributed by atoms with van der Waals surface area (Å²) in [4.78, 5) is 31.3. The highest BCUT2D eigenvalue weighted by atomic mass is 16.5. The minimum Gasteiger partial charge on any atom is -0.494 e. The number of aromatic amines is 1. The lowest BCUT2D eigenvalue weighted by Crippen LogP contribution is -2.28. The van der Waals surface area contributed by atoms with Crippen LogP contribution in [-0.4, -0.2) is 28.2 Å². The van der Waals surface area contributed by atoms with E-state index in [4.69, 9.17) is 4.74 Å². The van der Waals surface area contributed by atoms with Gasteiger partial charge in [-0.1, -0.05) is 26.8 Å². The predicted molar refractivity (Wildman–Crippen MR) is 107 cm³/mol. The Hall–Kier alpha value is -3.15. The number of aromatic carboxylic acids is 1. The first kappa shape index (κ1) is 18.2. The second kappa shape index (κ2) is 6.19. The Balaban J connectivity index is 2.12. The van der Waals surface area contributed by atoms with E-state index in [-0.39, 0.29) is 16.9 Å². The van der Waals surface area contributed by atoms with Crippen LogP contribution in [-0.2, 0) is 6.42 Å². The number of pyridine rings is 2. The van der Waals surface area contributed by atoms with Gasteiger partial charge in [0.15, 0.2) is 0 Å². The van der Waals surface area contributed by atoms with Gasteiger partial charge in [0.25, 0.3) is 5.56 Å². The number of methoxy groups -OCH3 is 1. The molecule has 2 N–H and O–H groups in total. The summed E-state index contributed by atoms with van der Waals surface area (Å²) in [6, 6.07) is 7.33. The molecule has 6 heteroatoms. The first-order chi connectivity index (χ1) is 13.2. The van der Waals surface area contributed by atoms with E-state index in [9.17, 15) is 14.7 Å². The third-order valence-electron chi connectivity index (χ3n) is 5.59. The highest BCUT2D eigenvalue weighted by molar-refractivity contribution is 5.95. The Morgan fingerprint density at radius 2 is 2.07 bits per heavy atom. The number of hydrogen-bond donors (Lipinski definition) is 2. The van der Waals surface area contributed by atoms with Crippen molar-refractivity contribution in [1.29, 1.82) is 0 Å². The Morgan fingerprint density at radius 1 is 1.32 bits per heavy atom. The standard InChI is InChI=1S/C22H22N2O4/c1-22(2,3)16-9-12-11-6-5-7-23-19(11)17(28-4)10-13(12)18-14(16)8-15(21(26)27)20(25)24-18/h5-8,10,16H,9H2,1-4H3,(H,24,25)(H,26,27). The normalized spacial score (nSPS) is 15.8. The van der Waals surface area contributed by atoms with Gasteiger partial charge in [0, 0.05) is 17.1 Å². The van der Waals surface area contributed by atoms with E-state index >= 15 is 0 Å². The number of fused-ring (bicyclic) bond motifs is 5. The zero-order valence-electron chi connectivity index (χ0n) is 16.3. The van der Waals surface area contributed by atoms with Crippen molar-refractivity contribution in [1.82, 2.24) is 9.97 Å². The van der Waals surface area contributed by atoms with Gasteiger partial charge < -0.3 is 14.8 Å². The fraction of sp³-hybridized carbons (Fsp3) is 0.318. The first-order valence-corrected chi connectivity index (χ1v) is 9.18. The van der Waals surface area contributed by atoms with E-state index in [1.807, 2.05) is 18.2 Å². The van der Waals surface area contributed by atoms with Crippen LogP contribution in [0.25, 0.3) is 22.2 Å². The fourth-order valence-corrected chi connectivity index (χ4v) is 4.16. The number of rotatable bonds is 2. The average molecular weight is 378 g/mol. The lowest BCUT2D eigenvalue weighted by atomic mass is 9.68. The van der Waals surface area contributed by atoms with Gasteiger partial charge in [-0.15, -0.1) is 0 Å². The fourth-order valence-electron chi connectivity index (χ4n) is 4.16. The SMILES string of the molecule is COc1cc2c(c3cccnc13)CC(C(C)(C)C)c1cc(C(=O)O)c(=O)[nH]c1-2. The quantitative estimate of drug-likeness (QED) is 0.704. The van der Waals surface area contributed by atoms with Crippen molar-refractivity contribution in [2.75, 3.05) is 7.11 Å². The molecular formula is C22H22N2O4. The van der Waals surface area contributed by atoms with Gasteiger partial charge in [-0.05, 0) is 47.1 Å². The summed E-state index contributed by atoms with van der Waals surface area (Å²) < 4.78 is 5.55. The minimum absolute atomic E-state index is 0.0433. The van der Waals surface area contributed by atoms with Crippen LogP contribution < -0.4 is 10.3 Å². The highest BCUT2D eigenvalue weighted by Gasteiger charge is 2.36. The molecule has 0 fully saturated rings. The van der Waals surface area contributed by atoms with Crippen LogP contribution in [0.2, 0.25) is 0 Å². The molecule has 1 atom stereocenters. The third kappa shape index (κ3) is 2.68. The van der Waals surface area contributed by atoms with Crippen LogP contribution in [0.1, 0.15) is 48.2 Å². The maximum atomic E-state index is 12.4. The van der Waals surface area contributed by atoms with Crippen molar-refractivity contribution < 1.29 is 14.6 Å². The monoisotopic (exact) mass is 378 g/mol. The number of carboxylic acid groups (broad SMARTS) is 1. The second-order valence-electron chi connectivity index (χ2n) is 8.27. The lowest BCUT2D eigenvalue weighted by Gasteiger charge is -2.37. The molecule has 4 rings (SSSR count). The molecule has 0 radical (unpaired) electrons. The van der Waals surface area contributed by atoms with Gasteiger partial charge in [0.05, 0.1) is 12.8 Å². The summed E-state index contributed by atoms with van der Waals surface area (Å²) in [6.07, 6.45) is 2.46. The molecule has 0 aliphatic heterocycles. The van der Waals surface area contributed by atoms with Crippen LogP contribution >= 0.6 is 0 Å². The molecular weight excluding hydrogens is 356 g/mol. The number of ether oxygens (including phenoxy) is 1. The summed E-state index contributed by atoms with van der Waals surface area (Å²) in [5.74, 6) is -0.554. The Bertz CT molecular complexity index is 1170. The first-order valence-electron chi connectivity index (χ1n) is 9.18. The molecule has 144 valence electrons. The molecule has 28 heavy (non-hydrogen) atoms. The van der Waals surface area contributed by atoms with Crippen molar-refractivity contribution in [3.05, 3.63) is 57.5 Å². The number of aromatic nitrogens is 2. The number of hydrogen-bond acceptors (Lipinski definition) is 4. The third-order valence-corrected chi connectivity index (χ3v) is 5.59. The zero-order valence-corrected chi connectivity index (χ0v) is 16.3. The summed E-state index contributed by atoms with van der Waals surface area (Å²) >= 11 is 0. The predicted octanol–water partition coefficient (Wildman–Crippen LogP) is 3.98. The second-order valence-corrected chi connectivity index (χ2v) is 8.27. The molecule has 0 amide bonds. The van der Waals surface area contributed by atoms with Crippen LogP contribution in [0, 0.1) is 5.41 Å². The molecule has 0 spiro atoms. The van der Waals surface area contributed by atoms with Gasteiger partial charge in [-0.2, -0.15) is 0 Å².